The number of aliphatic hydroxyl groups excluding tert-OH is 2. The van der Waals surface area contributed by atoms with Gasteiger partial charge in [0.1, 0.15) is 0 Å². The van der Waals surface area contributed by atoms with Gasteiger partial charge in [0.2, 0.25) is 0 Å². The molecule has 2 N–H and O–H groups in total. The van der Waals surface area contributed by atoms with Crippen molar-refractivity contribution in [1.29, 1.82) is 0 Å². The molecule has 0 aromatic carbocycles. The lowest BCUT2D eigenvalue weighted by Crippen LogP contribution is -2.39. The zero-order chi connectivity index (χ0) is 9.00. The summed E-state index contributed by atoms with van der Waals surface area (Å²) in [5, 5.41) is 19.6. The summed E-state index contributed by atoms with van der Waals surface area (Å²) in [6, 6.07) is 0. The highest BCUT2D eigenvalue weighted by molar-refractivity contribution is 5.22. The maximum atomic E-state index is 9.79. The van der Waals surface area contributed by atoms with Crippen molar-refractivity contribution in [3.8, 4) is 0 Å². The number of rotatable bonds is 0. The van der Waals surface area contributed by atoms with Crippen molar-refractivity contribution in [3.05, 3.63) is 24.3 Å². The van der Waals surface area contributed by atoms with Crippen LogP contribution in [0, 0.1) is 23.7 Å². The first-order valence-electron chi connectivity index (χ1n) is 5.00. The molecule has 0 heterocycles. The monoisotopic (exact) mass is 178 g/mol. The number of allylic oxidation sites excluding steroid dienone is 2. The van der Waals surface area contributed by atoms with Crippen LogP contribution in [0.5, 0.6) is 0 Å². The van der Waals surface area contributed by atoms with Crippen LogP contribution in [-0.4, -0.2) is 22.4 Å². The summed E-state index contributed by atoms with van der Waals surface area (Å²) in [4.78, 5) is 0. The van der Waals surface area contributed by atoms with Gasteiger partial charge in [-0.2, -0.15) is 0 Å². The molecule has 0 aromatic heterocycles. The van der Waals surface area contributed by atoms with Gasteiger partial charge in [-0.25, -0.2) is 0 Å². The molecule has 2 bridgehead atoms. The van der Waals surface area contributed by atoms with Crippen LogP contribution in [0.3, 0.4) is 0 Å². The summed E-state index contributed by atoms with van der Waals surface area (Å²) in [6.45, 7) is 0. The van der Waals surface area contributed by atoms with Crippen molar-refractivity contribution in [3.63, 3.8) is 0 Å². The molecule has 0 radical (unpaired) electrons. The average molecular weight is 178 g/mol. The minimum atomic E-state index is -0.339. The van der Waals surface area contributed by atoms with Crippen molar-refractivity contribution >= 4 is 0 Å². The van der Waals surface area contributed by atoms with Crippen molar-refractivity contribution in [1.82, 2.24) is 0 Å². The first-order chi connectivity index (χ1) is 6.27. The Morgan fingerprint density at radius 3 is 1.69 bits per heavy atom. The van der Waals surface area contributed by atoms with Gasteiger partial charge in [0.05, 0.1) is 12.2 Å². The van der Waals surface area contributed by atoms with E-state index in [0.717, 1.165) is 6.42 Å². The van der Waals surface area contributed by atoms with Gasteiger partial charge in [0.25, 0.3) is 0 Å². The van der Waals surface area contributed by atoms with Crippen LogP contribution in [0.2, 0.25) is 0 Å². The summed E-state index contributed by atoms with van der Waals surface area (Å²) in [5.74, 6) is 1.55. The van der Waals surface area contributed by atoms with E-state index >= 15 is 0 Å². The van der Waals surface area contributed by atoms with E-state index in [9.17, 15) is 10.2 Å². The third kappa shape index (κ3) is 0.903. The summed E-state index contributed by atoms with van der Waals surface area (Å²) < 4.78 is 0. The van der Waals surface area contributed by atoms with Crippen molar-refractivity contribution in [2.75, 3.05) is 0 Å². The molecule has 0 spiro atoms. The molecule has 0 saturated heterocycles. The largest absolute Gasteiger partial charge is 0.389 e. The molecular weight excluding hydrogens is 164 g/mol. The Bertz CT molecular complexity index is 256. The maximum absolute atomic E-state index is 9.79. The quantitative estimate of drug-likeness (QED) is 0.536. The molecule has 3 aliphatic carbocycles. The smallest absolute Gasteiger partial charge is 0.0759 e. The highest BCUT2D eigenvalue weighted by atomic mass is 16.3. The minimum absolute atomic E-state index is 0.273. The van der Waals surface area contributed by atoms with Crippen LogP contribution in [-0.2, 0) is 0 Å². The number of aliphatic hydroxyl groups is 2. The SMILES string of the molecule is O[C@@H]1C=C[C@H](O)[C@@H]2[C@H]1[C@@H]1C=C[C@@H]2C1. The van der Waals surface area contributed by atoms with E-state index in [4.69, 9.17) is 0 Å². The number of hydrogen-bond acceptors (Lipinski definition) is 2. The van der Waals surface area contributed by atoms with Crippen LogP contribution in [0.25, 0.3) is 0 Å². The van der Waals surface area contributed by atoms with E-state index in [-0.39, 0.29) is 24.0 Å². The first-order valence-corrected chi connectivity index (χ1v) is 5.00. The molecule has 0 aliphatic heterocycles. The van der Waals surface area contributed by atoms with E-state index in [1.807, 2.05) is 0 Å². The van der Waals surface area contributed by atoms with Crippen LogP contribution in [0.4, 0.5) is 0 Å². The van der Waals surface area contributed by atoms with Gasteiger partial charge in [-0.1, -0.05) is 24.3 Å². The van der Waals surface area contributed by atoms with Gasteiger partial charge < -0.3 is 10.2 Å². The predicted octanol–water partition coefficient (Wildman–Crippen LogP) is 0.716. The molecule has 0 aromatic rings. The summed E-state index contributed by atoms with van der Waals surface area (Å²) in [6.07, 6.45) is 8.37. The Morgan fingerprint density at radius 2 is 1.23 bits per heavy atom. The Kier molecular flexibility index (Phi) is 1.47. The van der Waals surface area contributed by atoms with Gasteiger partial charge in [-0.15, -0.1) is 0 Å². The van der Waals surface area contributed by atoms with Crippen molar-refractivity contribution in [2.24, 2.45) is 23.7 Å². The second-order valence-corrected chi connectivity index (χ2v) is 4.47. The topological polar surface area (TPSA) is 40.5 Å². The molecule has 0 amide bonds. The Hall–Kier alpha value is -0.600. The highest BCUT2D eigenvalue weighted by Gasteiger charge is 2.50. The number of hydrogen-bond donors (Lipinski definition) is 2. The van der Waals surface area contributed by atoms with Gasteiger partial charge in [0.15, 0.2) is 0 Å². The molecular formula is C11H14O2. The maximum Gasteiger partial charge on any atom is 0.0759 e. The second-order valence-electron chi connectivity index (χ2n) is 4.47. The Morgan fingerprint density at radius 1 is 0.769 bits per heavy atom. The van der Waals surface area contributed by atoms with E-state index in [1.165, 1.54) is 0 Å². The lowest BCUT2D eigenvalue weighted by Gasteiger charge is -2.36. The first kappa shape index (κ1) is 7.77. The van der Waals surface area contributed by atoms with Crippen LogP contribution in [0.1, 0.15) is 6.42 Å². The van der Waals surface area contributed by atoms with Crippen LogP contribution >= 0.6 is 0 Å². The summed E-state index contributed by atoms with van der Waals surface area (Å²) in [7, 11) is 0. The fourth-order valence-electron chi connectivity index (χ4n) is 3.34. The molecule has 2 heteroatoms. The zero-order valence-corrected chi connectivity index (χ0v) is 7.38. The molecule has 1 fully saturated rings. The molecule has 0 unspecified atom stereocenters. The van der Waals surface area contributed by atoms with Gasteiger partial charge in [-0.3, -0.25) is 0 Å². The molecule has 3 aliphatic rings. The normalized spacial score (nSPS) is 57.1. The molecule has 1 saturated carbocycles. The minimum Gasteiger partial charge on any atom is -0.389 e. The Labute approximate surface area is 77.6 Å². The summed E-state index contributed by atoms with van der Waals surface area (Å²) >= 11 is 0. The van der Waals surface area contributed by atoms with E-state index in [1.54, 1.807) is 12.2 Å². The van der Waals surface area contributed by atoms with Crippen molar-refractivity contribution < 1.29 is 10.2 Å². The van der Waals surface area contributed by atoms with E-state index in [2.05, 4.69) is 12.2 Å². The second kappa shape index (κ2) is 2.46. The molecule has 6 atom stereocenters. The molecule has 70 valence electrons. The Balaban J connectivity index is 2.00. The van der Waals surface area contributed by atoms with Gasteiger partial charge in [-0.05, 0) is 18.3 Å². The van der Waals surface area contributed by atoms with Gasteiger partial charge >= 0.3 is 0 Å². The predicted molar refractivity (Wildman–Crippen MR) is 48.9 cm³/mol. The van der Waals surface area contributed by atoms with Crippen LogP contribution < -0.4 is 0 Å². The third-order valence-corrected chi connectivity index (χ3v) is 3.88. The lowest BCUT2D eigenvalue weighted by atomic mass is 9.73. The zero-order valence-electron chi connectivity index (χ0n) is 7.38. The third-order valence-electron chi connectivity index (χ3n) is 3.88. The van der Waals surface area contributed by atoms with Crippen molar-refractivity contribution in [2.45, 2.75) is 18.6 Å². The average Bonchev–Trinajstić information content (AvgIpc) is 2.70. The molecule has 13 heavy (non-hydrogen) atoms. The fraction of sp³-hybridized carbons (Fsp3) is 0.636. The summed E-state index contributed by atoms with van der Waals surface area (Å²) in [5.41, 5.74) is 0. The van der Waals surface area contributed by atoms with E-state index in [0.29, 0.717) is 11.8 Å². The van der Waals surface area contributed by atoms with E-state index < -0.39 is 0 Å². The molecule has 2 nitrogen and oxygen atoms in total. The fourth-order valence-corrected chi connectivity index (χ4v) is 3.34. The standard InChI is InChI=1S/C11H14O2/c12-8-3-4-9(13)11-7-2-1-6(5-7)10(8)11/h1-4,6-13H,5H2/t6-,7-,8-,9+,10+,11-/m1/s1. The lowest BCUT2D eigenvalue weighted by molar-refractivity contribution is 0.0277. The molecule has 3 rings (SSSR count). The number of fused-ring (bicyclic) bond motifs is 5. The highest BCUT2D eigenvalue weighted by Crippen LogP contribution is 2.52. The van der Waals surface area contributed by atoms with Crippen LogP contribution in [0.15, 0.2) is 24.3 Å². The van der Waals surface area contributed by atoms with Gasteiger partial charge in [0, 0.05) is 11.8 Å².